The Kier molecular flexibility index (Phi) is 2.72. The number of carbonyl (C=O) groups is 1. The van der Waals surface area contributed by atoms with Crippen LogP contribution in [-0.4, -0.2) is 23.2 Å². The number of amidine groups is 1. The number of halogens is 2. The topological polar surface area (TPSA) is 41.5 Å². The first-order valence-electron chi connectivity index (χ1n) is 5.69. The van der Waals surface area contributed by atoms with Gasteiger partial charge in [0, 0.05) is 12.8 Å². The lowest BCUT2D eigenvalue weighted by atomic mass is 9.99. The highest BCUT2D eigenvalue weighted by Crippen LogP contribution is 2.36. The van der Waals surface area contributed by atoms with Crippen LogP contribution in [0.1, 0.15) is 45.4 Å². The van der Waals surface area contributed by atoms with Gasteiger partial charge in [0.2, 0.25) is 5.92 Å². The van der Waals surface area contributed by atoms with Gasteiger partial charge < -0.3 is 5.32 Å². The molecule has 1 N–H and O–H groups in total. The molecule has 0 aromatic heterocycles. The van der Waals surface area contributed by atoms with Crippen LogP contribution in [0.25, 0.3) is 0 Å². The summed E-state index contributed by atoms with van der Waals surface area (Å²) in [7, 11) is 0. The Balaban J connectivity index is 2.00. The van der Waals surface area contributed by atoms with Crippen molar-refractivity contribution in [3.63, 3.8) is 0 Å². The number of hydrogen-bond donors (Lipinski definition) is 1. The smallest absolute Gasteiger partial charge is 0.253 e. The van der Waals surface area contributed by atoms with Crippen molar-refractivity contribution in [2.24, 2.45) is 4.99 Å². The van der Waals surface area contributed by atoms with E-state index in [-0.39, 0.29) is 18.7 Å². The molecule has 1 fully saturated rings. The number of carbonyl (C=O) groups excluding carboxylic acids is 1. The summed E-state index contributed by atoms with van der Waals surface area (Å²) in [6.07, 6.45) is 3.39. The highest BCUT2D eigenvalue weighted by atomic mass is 19.3. The maximum atomic E-state index is 12.7. The predicted octanol–water partition coefficient (Wildman–Crippen LogP) is 2.26. The average molecular weight is 230 g/mol. The van der Waals surface area contributed by atoms with Crippen LogP contribution in [0, 0.1) is 0 Å². The van der Waals surface area contributed by atoms with Crippen LogP contribution in [0.15, 0.2) is 4.99 Å². The minimum atomic E-state index is -2.70. The van der Waals surface area contributed by atoms with Crippen LogP contribution < -0.4 is 5.32 Å². The molecule has 16 heavy (non-hydrogen) atoms. The maximum Gasteiger partial charge on any atom is 0.253 e. The van der Waals surface area contributed by atoms with Crippen LogP contribution in [0.2, 0.25) is 0 Å². The van der Waals surface area contributed by atoms with Gasteiger partial charge in [-0.3, -0.25) is 9.79 Å². The van der Waals surface area contributed by atoms with Crippen LogP contribution >= 0.6 is 0 Å². The average Bonchev–Trinajstić information content (AvgIpc) is 2.73. The van der Waals surface area contributed by atoms with Crippen molar-refractivity contribution in [2.45, 2.75) is 56.9 Å². The molecule has 0 aromatic rings. The zero-order chi connectivity index (χ0) is 11.8. The van der Waals surface area contributed by atoms with Crippen molar-refractivity contribution in [3.8, 4) is 0 Å². The molecule has 1 aliphatic carbocycles. The molecule has 2 rings (SSSR count). The van der Waals surface area contributed by atoms with Crippen LogP contribution in [0.5, 0.6) is 0 Å². The molecular weight excluding hydrogens is 214 g/mol. The fourth-order valence-electron chi connectivity index (χ4n) is 2.34. The molecule has 1 aliphatic heterocycles. The van der Waals surface area contributed by atoms with E-state index >= 15 is 0 Å². The number of aliphatic imine (C=N–C) groups is 1. The van der Waals surface area contributed by atoms with Gasteiger partial charge in [-0.25, -0.2) is 8.78 Å². The summed E-state index contributed by atoms with van der Waals surface area (Å²) >= 11 is 0. The summed E-state index contributed by atoms with van der Waals surface area (Å²) in [5.74, 6) is -2.36. The zero-order valence-corrected chi connectivity index (χ0v) is 9.35. The molecule has 3 nitrogen and oxygen atoms in total. The molecule has 1 amide bonds. The quantitative estimate of drug-likeness (QED) is 0.793. The van der Waals surface area contributed by atoms with Gasteiger partial charge in [-0.05, 0) is 19.8 Å². The Hall–Kier alpha value is -1.00. The summed E-state index contributed by atoms with van der Waals surface area (Å²) in [4.78, 5) is 16.0. The van der Waals surface area contributed by atoms with E-state index in [0.717, 1.165) is 32.6 Å². The first-order valence-corrected chi connectivity index (χ1v) is 5.69. The Bertz CT molecular complexity index is 327. The van der Waals surface area contributed by atoms with E-state index in [1.807, 2.05) is 0 Å². The minimum Gasteiger partial charge on any atom is -0.312 e. The lowest BCUT2D eigenvalue weighted by Crippen LogP contribution is -2.37. The molecule has 90 valence electrons. The Morgan fingerprint density at radius 1 is 1.44 bits per heavy atom. The van der Waals surface area contributed by atoms with Crippen molar-refractivity contribution < 1.29 is 13.6 Å². The molecule has 1 spiro atoms. The monoisotopic (exact) mass is 230 g/mol. The zero-order valence-electron chi connectivity index (χ0n) is 9.35. The number of alkyl halides is 2. The van der Waals surface area contributed by atoms with E-state index in [9.17, 15) is 13.6 Å². The van der Waals surface area contributed by atoms with Crippen LogP contribution in [-0.2, 0) is 4.79 Å². The molecule has 0 bridgehead atoms. The van der Waals surface area contributed by atoms with Crippen molar-refractivity contribution in [1.29, 1.82) is 0 Å². The molecule has 0 unspecified atom stereocenters. The van der Waals surface area contributed by atoms with Gasteiger partial charge >= 0.3 is 0 Å². The van der Waals surface area contributed by atoms with Gasteiger partial charge in [0.15, 0.2) is 0 Å². The third-order valence-corrected chi connectivity index (χ3v) is 3.26. The molecule has 2 aliphatic rings. The summed E-state index contributed by atoms with van der Waals surface area (Å²) in [6, 6.07) is 0. The number of rotatable bonds is 3. The molecule has 0 atom stereocenters. The predicted molar refractivity (Wildman–Crippen MR) is 56.6 cm³/mol. The number of nitrogens with zero attached hydrogens (tertiary/aromatic N) is 1. The summed E-state index contributed by atoms with van der Waals surface area (Å²) in [6.45, 7) is 0.885. The lowest BCUT2D eigenvalue weighted by Gasteiger charge is -2.14. The number of hydrogen-bond acceptors (Lipinski definition) is 2. The maximum absolute atomic E-state index is 12.7. The highest BCUT2D eigenvalue weighted by Gasteiger charge is 2.45. The second kappa shape index (κ2) is 3.79. The molecular formula is C11H16F2N2O. The van der Waals surface area contributed by atoms with E-state index in [2.05, 4.69) is 10.3 Å². The summed E-state index contributed by atoms with van der Waals surface area (Å²) in [5.41, 5.74) is -0.613. The van der Waals surface area contributed by atoms with Gasteiger partial charge in [-0.2, -0.15) is 0 Å². The van der Waals surface area contributed by atoms with Crippen molar-refractivity contribution >= 4 is 11.7 Å². The second-order valence-electron chi connectivity index (χ2n) is 4.82. The van der Waals surface area contributed by atoms with Crippen LogP contribution in [0.4, 0.5) is 8.78 Å². The second-order valence-corrected chi connectivity index (χ2v) is 4.82. The van der Waals surface area contributed by atoms with Crippen molar-refractivity contribution in [3.05, 3.63) is 0 Å². The van der Waals surface area contributed by atoms with E-state index in [4.69, 9.17) is 0 Å². The molecule has 0 radical (unpaired) electrons. The normalized spacial score (nSPS) is 23.7. The molecule has 0 aromatic carbocycles. The fraction of sp³-hybridized carbons (Fsp3) is 0.818. The van der Waals surface area contributed by atoms with Gasteiger partial charge in [0.05, 0.1) is 0 Å². The Labute approximate surface area is 93.3 Å². The third-order valence-electron chi connectivity index (χ3n) is 3.26. The third kappa shape index (κ3) is 2.23. The first-order chi connectivity index (χ1) is 7.41. The minimum absolute atomic E-state index is 0.0978. The summed E-state index contributed by atoms with van der Waals surface area (Å²) in [5, 5.41) is 2.64. The molecule has 1 heterocycles. The molecule has 5 heteroatoms. The van der Waals surface area contributed by atoms with Gasteiger partial charge in [0.25, 0.3) is 5.91 Å². The van der Waals surface area contributed by atoms with Crippen molar-refractivity contribution in [2.75, 3.05) is 0 Å². The summed E-state index contributed by atoms with van der Waals surface area (Å²) < 4.78 is 25.3. The van der Waals surface area contributed by atoms with Gasteiger partial charge in [-0.15, -0.1) is 0 Å². The highest BCUT2D eigenvalue weighted by molar-refractivity contribution is 6.08. The number of amides is 1. The number of nitrogens with one attached hydrogen (secondary N) is 1. The molecule has 1 saturated carbocycles. The van der Waals surface area contributed by atoms with E-state index < -0.39 is 11.5 Å². The largest absolute Gasteiger partial charge is 0.312 e. The standard InChI is InChI=1S/C11H16F2N2O/c1-10(12,13)7-4-8-14-9(16)11(15-8)5-2-3-6-11/h2-7H2,1H3,(H,14,15,16). The first kappa shape index (κ1) is 11.5. The van der Waals surface area contributed by atoms with Crippen molar-refractivity contribution in [1.82, 2.24) is 5.32 Å². The Morgan fingerprint density at radius 3 is 2.62 bits per heavy atom. The van der Waals surface area contributed by atoms with Gasteiger partial charge in [-0.1, -0.05) is 12.8 Å². The van der Waals surface area contributed by atoms with Crippen LogP contribution in [0.3, 0.4) is 0 Å². The van der Waals surface area contributed by atoms with E-state index in [0.29, 0.717) is 5.84 Å². The Morgan fingerprint density at radius 2 is 2.06 bits per heavy atom. The molecule has 0 saturated heterocycles. The van der Waals surface area contributed by atoms with E-state index in [1.54, 1.807) is 0 Å². The SMILES string of the molecule is CC(F)(F)CCC1=NC2(CCCC2)C(=O)N1. The van der Waals surface area contributed by atoms with Gasteiger partial charge in [0.1, 0.15) is 11.4 Å². The lowest BCUT2D eigenvalue weighted by molar-refractivity contribution is -0.123. The fourth-order valence-corrected chi connectivity index (χ4v) is 2.34. The van der Waals surface area contributed by atoms with E-state index in [1.165, 1.54) is 0 Å².